The van der Waals surface area contributed by atoms with Gasteiger partial charge >= 0.3 is 0 Å². The monoisotopic (exact) mass is 335 g/mol. The van der Waals surface area contributed by atoms with Crippen molar-refractivity contribution in [2.45, 2.75) is 31.7 Å². The fourth-order valence-electron chi connectivity index (χ4n) is 2.55. The van der Waals surface area contributed by atoms with E-state index in [1.165, 1.54) is 12.1 Å². The van der Waals surface area contributed by atoms with E-state index in [1.807, 2.05) is 0 Å². The first-order valence-electron chi connectivity index (χ1n) is 6.72. The van der Waals surface area contributed by atoms with Crippen molar-refractivity contribution in [2.24, 2.45) is 5.73 Å². The molecule has 1 aromatic carbocycles. The van der Waals surface area contributed by atoms with Gasteiger partial charge in [-0.05, 0) is 37.5 Å². The third-order valence-corrected chi connectivity index (χ3v) is 4.34. The van der Waals surface area contributed by atoms with Crippen molar-refractivity contribution in [3.8, 4) is 11.4 Å². The molecule has 1 unspecified atom stereocenters. The third kappa shape index (κ3) is 2.60. The average molecular weight is 336 g/mol. The van der Waals surface area contributed by atoms with Crippen LogP contribution in [0.25, 0.3) is 11.4 Å². The molecule has 3 nitrogen and oxygen atoms in total. The van der Waals surface area contributed by atoms with Crippen molar-refractivity contribution in [3.63, 3.8) is 0 Å². The van der Waals surface area contributed by atoms with Crippen molar-refractivity contribution in [1.82, 2.24) is 9.97 Å². The van der Waals surface area contributed by atoms with E-state index >= 15 is 0 Å². The zero-order valence-electron chi connectivity index (χ0n) is 10.9. The van der Waals surface area contributed by atoms with Crippen LogP contribution in [-0.4, -0.2) is 9.97 Å². The molecule has 1 aromatic heterocycles. The number of aromatic nitrogens is 2. The Morgan fingerprint density at radius 3 is 3.00 bits per heavy atom. The number of hydrogen-bond donors (Lipinski definition) is 1. The van der Waals surface area contributed by atoms with Gasteiger partial charge in [0.1, 0.15) is 5.82 Å². The van der Waals surface area contributed by atoms with Gasteiger partial charge in [-0.2, -0.15) is 0 Å². The number of hydrogen-bond acceptors (Lipinski definition) is 3. The molecule has 2 aromatic rings. The maximum Gasteiger partial charge on any atom is 0.160 e. The van der Waals surface area contributed by atoms with Crippen molar-refractivity contribution in [3.05, 3.63) is 45.9 Å². The number of halogens is 2. The Kier molecular flexibility index (Phi) is 3.81. The molecule has 104 valence electrons. The van der Waals surface area contributed by atoms with Crippen LogP contribution in [0.3, 0.4) is 0 Å². The molecule has 20 heavy (non-hydrogen) atoms. The zero-order valence-corrected chi connectivity index (χ0v) is 12.5. The number of fused-ring (bicyclic) bond motifs is 1. The lowest BCUT2D eigenvalue weighted by atomic mass is 10.1. The highest BCUT2D eigenvalue weighted by molar-refractivity contribution is 9.10. The molecular weight excluding hydrogens is 321 g/mol. The first-order chi connectivity index (χ1) is 9.65. The summed E-state index contributed by atoms with van der Waals surface area (Å²) < 4.78 is 14.2. The fraction of sp³-hybridized carbons (Fsp3) is 0.333. The van der Waals surface area contributed by atoms with Crippen molar-refractivity contribution in [2.75, 3.05) is 0 Å². The normalized spacial score (nSPS) is 18.4. The van der Waals surface area contributed by atoms with E-state index in [4.69, 9.17) is 5.73 Å². The molecule has 0 bridgehead atoms. The summed E-state index contributed by atoms with van der Waals surface area (Å²) in [6.45, 7) is 0. The van der Waals surface area contributed by atoms with Crippen LogP contribution in [0.1, 0.15) is 36.6 Å². The molecule has 0 aliphatic heterocycles. The molecular formula is C15H15BrFN3. The van der Waals surface area contributed by atoms with E-state index in [0.29, 0.717) is 11.4 Å². The smallest absolute Gasteiger partial charge is 0.160 e. The molecule has 1 aliphatic carbocycles. The lowest BCUT2D eigenvalue weighted by Crippen LogP contribution is -2.12. The molecule has 0 amide bonds. The van der Waals surface area contributed by atoms with Gasteiger partial charge in [-0.15, -0.1) is 0 Å². The van der Waals surface area contributed by atoms with Crippen LogP contribution in [0.2, 0.25) is 0 Å². The number of nitrogens with two attached hydrogens (primary N) is 1. The molecule has 1 atom stereocenters. The van der Waals surface area contributed by atoms with Gasteiger partial charge in [-0.3, -0.25) is 0 Å². The van der Waals surface area contributed by atoms with Gasteiger partial charge in [0.15, 0.2) is 5.82 Å². The van der Waals surface area contributed by atoms with E-state index < -0.39 is 0 Å². The molecule has 5 heteroatoms. The lowest BCUT2D eigenvalue weighted by Gasteiger charge is -2.12. The summed E-state index contributed by atoms with van der Waals surface area (Å²) in [5.41, 5.74) is 8.83. The maximum absolute atomic E-state index is 13.4. The Labute approximate surface area is 125 Å². The largest absolute Gasteiger partial charge is 0.324 e. The Morgan fingerprint density at radius 2 is 2.15 bits per heavy atom. The Hall–Kier alpha value is -1.33. The first-order valence-corrected chi connectivity index (χ1v) is 7.51. The lowest BCUT2D eigenvalue weighted by molar-refractivity contribution is 0.614. The maximum atomic E-state index is 13.4. The number of rotatable bonds is 1. The second kappa shape index (κ2) is 5.58. The molecule has 0 saturated heterocycles. The van der Waals surface area contributed by atoms with E-state index in [9.17, 15) is 4.39 Å². The summed E-state index contributed by atoms with van der Waals surface area (Å²) in [6.07, 6.45) is 5.87. The van der Waals surface area contributed by atoms with Crippen molar-refractivity contribution >= 4 is 15.9 Å². The molecule has 1 heterocycles. The third-order valence-electron chi connectivity index (χ3n) is 3.65. The van der Waals surface area contributed by atoms with Gasteiger partial charge in [0.25, 0.3) is 0 Å². The predicted molar refractivity (Wildman–Crippen MR) is 79.6 cm³/mol. The van der Waals surface area contributed by atoms with E-state index in [1.54, 1.807) is 12.3 Å². The van der Waals surface area contributed by atoms with Crippen LogP contribution < -0.4 is 5.73 Å². The fourth-order valence-corrected chi connectivity index (χ4v) is 2.97. The second-order valence-corrected chi connectivity index (χ2v) is 5.93. The zero-order chi connectivity index (χ0) is 14.1. The van der Waals surface area contributed by atoms with Crippen LogP contribution >= 0.6 is 15.9 Å². The molecule has 0 saturated carbocycles. The molecule has 1 aliphatic rings. The molecule has 3 rings (SSSR count). The molecule has 0 spiro atoms. The van der Waals surface area contributed by atoms with Crippen LogP contribution in [-0.2, 0) is 6.42 Å². The Morgan fingerprint density at radius 1 is 1.30 bits per heavy atom. The van der Waals surface area contributed by atoms with Gasteiger partial charge in [0, 0.05) is 33.5 Å². The van der Waals surface area contributed by atoms with Gasteiger partial charge in [-0.1, -0.05) is 22.4 Å². The molecule has 2 N–H and O–H groups in total. The van der Waals surface area contributed by atoms with Crippen LogP contribution in [0.4, 0.5) is 4.39 Å². The number of nitrogens with zero attached hydrogens (tertiary/aromatic N) is 2. The second-order valence-electron chi connectivity index (χ2n) is 5.07. The van der Waals surface area contributed by atoms with Gasteiger partial charge in [0.2, 0.25) is 0 Å². The minimum absolute atomic E-state index is 0.0116. The van der Waals surface area contributed by atoms with E-state index in [-0.39, 0.29) is 11.9 Å². The van der Waals surface area contributed by atoms with Crippen LogP contribution in [0, 0.1) is 5.82 Å². The van der Waals surface area contributed by atoms with Crippen molar-refractivity contribution in [1.29, 1.82) is 0 Å². The quantitative estimate of drug-likeness (QED) is 0.807. The average Bonchev–Trinajstić information content (AvgIpc) is 2.63. The topological polar surface area (TPSA) is 51.8 Å². The Bertz CT molecular complexity index is 645. The summed E-state index contributed by atoms with van der Waals surface area (Å²) in [7, 11) is 0. The van der Waals surface area contributed by atoms with E-state index in [2.05, 4.69) is 25.9 Å². The SMILES string of the molecule is NC1CCCCc2nc(-c3cc(F)ccc3Br)ncc21. The molecule has 0 radical (unpaired) electrons. The van der Waals surface area contributed by atoms with Gasteiger partial charge in [-0.25, -0.2) is 14.4 Å². The highest BCUT2D eigenvalue weighted by Crippen LogP contribution is 2.30. The van der Waals surface area contributed by atoms with Crippen LogP contribution in [0.5, 0.6) is 0 Å². The van der Waals surface area contributed by atoms with Crippen LogP contribution in [0.15, 0.2) is 28.9 Å². The summed E-state index contributed by atoms with van der Waals surface area (Å²) in [4.78, 5) is 8.98. The Balaban J connectivity index is 2.08. The van der Waals surface area contributed by atoms with Gasteiger partial charge < -0.3 is 5.73 Å². The summed E-state index contributed by atoms with van der Waals surface area (Å²) in [6, 6.07) is 4.54. The summed E-state index contributed by atoms with van der Waals surface area (Å²) in [5.74, 6) is 0.252. The minimum atomic E-state index is -0.293. The number of aryl methyl sites for hydroxylation is 1. The first kappa shape index (κ1) is 13.6. The minimum Gasteiger partial charge on any atom is -0.324 e. The van der Waals surface area contributed by atoms with Gasteiger partial charge in [0.05, 0.1) is 0 Å². The van der Waals surface area contributed by atoms with E-state index in [0.717, 1.165) is 41.4 Å². The summed E-state index contributed by atoms with van der Waals surface area (Å²) >= 11 is 3.42. The molecule has 0 fully saturated rings. The predicted octanol–water partition coefficient (Wildman–Crippen LogP) is 3.77. The highest BCUT2D eigenvalue weighted by Gasteiger charge is 2.18. The van der Waals surface area contributed by atoms with Crippen molar-refractivity contribution < 1.29 is 4.39 Å². The summed E-state index contributed by atoms with van der Waals surface area (Å²) in [5, 5.41) is 0. The highest BCUT2D eigenvalue weighted by atomic mass is 79.9. The number of benzene rings is 1. The standard InChI is InChI=1S/C15H15BrFN3/c16-12-6-5-9(17)7-10(12)15-19-8-11-13(18)3-1-2-4-14(11)20-15/h5-8,13H,1-4,18H2.